The highest BCUT2D eigenvalue weighted by atomic mass is 79.9. The Kier molecular flexibility index (Phi) is 4.36. The number of nitrogens with zero attached hydrogens (tertiary/aromatic N) is 1. The molecule has 0 saturated heterocycles. The van der Waals surface area contributed by atoms with Gasteiger partial charge in [0.2, 0.25) is 0 Å². The molecule has 16 heavy (non-hydrogen) atoms. The van der Waals surface area contributed by atoms with Crippen LogP contribution in [0.1, 0.15) is 38.3 Å². The third kappa shape index (κ3) is 3.29. The Hall–Kier alpha value is -0.410. The van der Waals surface area contributed by atoms with Crippen LogP contribution in [0, 0.1) is 5.92 Å². The minimum Gasteiger partial charge on any atom is -0.308 e. The van der Waals surface area contributed by atoms with Crippen molar-refractivity contribution < 1.29 is 0 Å². The summed E-state index contributed by atoms with van der Waals surface area (Å²) in [5, 5.41) is 3.63. The Bertz CT molecular complexity index is 340. The van der Waals surface area contributed by atoms with Crippen molar-refractivity contribution >= 4 is 15.9 Å². The second-order valence-corrected chi connectivity index (χ2v) is 5.51. The van der Waals surface area contributed by atoms with Gasteiger partial charge in [0.15, 0.2) is 0 Å². The van der Waals surface area contributed by atoms with Gasteiger partial charge in [-0.3, -0.25) is 0 Å². The fourth-order valence-corrected chi connectivity index (χ4v) is 2.78. The van der Waals surface area contributed by atoms with Gasteiger partial charge in [-0.25, -0.2) is 4.98 Å². The second-order valence-electron chi connectivity index (χ2n) is 4.70. The molecule has 2 atom stereocenters. The first-order valence-electron chi connectivity index (χ1n) is 6.10. The van der Waals surface area contributed by atoms with Crippen molar-refractivity contribution in [3.8, 4) is 0 Å². The van der Waals surface area contributed by atoms with Gasteiger partial charge in [0.1, 0.15) is 4.60 Å². The van der Waals surface area contributed by atoms with Gasteiger partial charge in [-0.1, -0.05) is 25.8 Å². The van der Waals surface area contributed by atoms with Crippen molar-refractivity contribution in [2.75, 3.05) is 0 Å². The van der Waals surface area contributed by atoms with E-state index in [1.165, 1.54) is 25.7 Å². The summed E-state index contributed by atoms with van der Waals surface area (Å²) >= 11 is 3.40. The maximum Gasteiger partial charge on any atom is 0.106 e. The third-order valence-electron chi connectivity index (χ3n) is 3.43. The van der Waals surface area contributed by atoms with E-state index in [-0.39, 0.29) is 0 Å². The van der Waals surface area contributed by atoms with Crippen LogP contribution in [-0.2, 0) is 6.54 Å². The highest BCUT2D eigenvalue weighted by Crippen LogP contribution is 2.23. The molecule has 0 amide bonds. The molecule has 1 aliphatic carbocycles. The molecule has 1 heterocycles. The lowest BCUT2D eigenvalue weighted by atomic mass is 9.86. The summed E-state index contributed by atoms with van der Waals surface area (Å²) in [4.78, 5) is 4.44. The molecule has 3 heteroatoms. The van der Waals surface area contributed by atoms with Crippen molar-refractivity contribution in [2.45, 2.75) is 45.2 Å². The molecule has 1 aliphatic rings. The Morgan fingerprint density at radius 3 is 2.94 bits per heavy atom. The van der Waals surface area contributed by atoms with E-state index in [1.54, 1.807) is 0 Å². The van der Waals surface area contributed by atoms with E-state index in [0.717, 1.165) is 22.8 Å². The Labute approximate surface area is 106 Å². The molecule has 1 saturated carbocycles. The number of halogens is 1. The van der Waals surface area contributed by atoms with Gasteiger partial charge in [-0.05, 0) is 46.8 Å². The molecule has 1 aromatic rings. The molecular formula is C13H19BrN2. The Morgan fingerprint density at radius 2 is 2.19 bits per heavy atom. The molecule has 0 radical (unpaired) electrons. The number of hydrogen-bond acceptors (Lipinski definition) is 2. The van der Waals surface area contributed by atoms with Crippen molar-refractivity contribution in [2.24, 2.45) is 5.92 Å². The topological polar surface area (TPSA) is 24.9 Å². The maximum absolute atomic E-state index is 4.44. The lowest BCUT2D eigenvalue weighted by Gasteiger charge is -2.29. The molecule has 1 N–H and O–H groups in total. The summed E-state index contributed by atoms with van der Waals surface area (Å²) in [5.74, 6) is 0.806. The smallest absolute Gasteiger partial charge is 0.106 e. The number of nitrogens with one attached hydrogen (secondary N) is 1. The summed E-state index contributed by atoms with van der Waals surface area (Å²) in [5.41, 5.74) is 1.12. The summed E-state index contributed by atoms with van der Waals surface area (Å²) < 4.78 is 0.920. The first kappa shape index (κ1) is 12.1. The third-order valence-corrected chi connectivity index (χ3v) is 3.87. The van der Waals surface area contributed by atoms with Gasteiger partial charge in [-0.15, -0.1) is 0 Å². The molecule has 88 valence electrons. The van der Waals surface area contributed by atoms with Crippen LogP contribution in [0.2, 0.25) is 0 Å². The second kappa shape index (κ2) is 5.78. The highest BCUT2D eigenvalue weighted by molar-refractivity contribution is 9.10. The number of rotatable bonds is 3. The number of hydrogen-bond donors (Lipinski definition) is 1. The van der Waals surface area contributed by atoms with Crippen LogP contribution in [0.5, 0.6) is 0 Å². The van der Waals surface area contributed by atoms with E-state index >= 15 is 0 Å². The van der Waals surface area contributed by atoms with E-state index in [9.17, 15) is 0 Å². The average molecular weight is 283 g/mol. The maximum atomic E-state index is 4.44. The fourth-order valence-electron chi connectivity index (χ4n) is 2.40. The zero-order valence-corrected chi connectivity index (χ0v) is 11.3. The molecule has 0 bridgehead atoms. The standard InChI is InChI=1S/C13H19BrN2/c1-10-5-2-3-7-12(10)15-9-11-6-4-8-13(14)16-11/h4,6,8,10,12,15H,2-3,5,7,9H2,1H3. The molecule has 2 nitrogen and oxygen atoms in total. The van der Waals surface area contributed by atoms with Gasteiger partial charge in [0.25, 0.3) is 0 Å². The molecular weight excluding hydrogens is 264 g/mol. The summed E-state index contributed by atoms with van der Waals surface area (Å²) in [6, 6.07) is 6.76. The van der Waals surface area contributed by atoms with Crippen molar-refractivity contribution in [3.05, 3.63) is 28.5 Å². The van der Waals surface area contributed by atoms with E-state index in [0.29, 0.717) is 6.04 Å². The van der Waals surface area contributed by atoms with Crippen LogP contribution in [0.3, 0.4) is 0 Å². The van der Waals surface area contributed by atoms with E-state index in [4.69, 9.17) is 0 Å². The van der Waals surface area contributed by atoms with Gasteiger partial charge >= 0.3 is 0 Å². The van der Waals surface area contributed by atoms with Crippen molar-refractivity contribution in [3.63, 3.8) is 0 Å². The Morgan fingerprint density at radius 1 is 1.38 bits per heavy atom. The first-order valence-corrected chi connectivity index (χ1v) is 6.90. The molecule has 1 fully saturated rings. The minimum atomic E-state index is 0.675. The van der Waals surface area contributed by atoms with Crippen molar-refractivity contribution in [1.82, 2.24) is 10.3 Å². The van der Waals surface area contributed by atoms with Gasteiger partial charge < -0.3 is 5.32 Å². The summed E-state index contributed by atoms with van der Waals surface area (Å²) in [6.07, 6.45) is 5.45. The lowest BCUT2D eigenvalue weighted by Crippen LogP contribution is -2.36. The SMILES string of the molecule is CC1CCCCC1NCc1cccc(Br)n1. The van der Waals surface area contributed by atoms with Crippen molar-refractivity contribution in [1.29, 1.82) is 0 Å². The summed E-state index contributed by atoms with van der Waals surface area (Å²) in [6.45, 7) is 3.24. The molecule has 0 spiro atoms. The van der Waals surface area contributed by atoms with Gasteiger partial charge in [0, 0.05) is 12.6 Å². The Balaban J connectivity index is 1.86. The molecule has 0 aliphatic heterocycles. The number of aromatic nitrogens is 1. The van der Waals surface area contributed by atoms with Crippen LogP contribution in [-0.4, -0.2) is 11.0 Å². The van der Waals surface area contributed by atoms with Crippen LogP contribution in [0.4, 0.5) is 0 Å². The normalized spacial score (nSPS) is 25.6. The average Bonchev–Trinajstić information content (AvgIpc) is 2.28. The van der Waals surface area contributed by atoms with Crippen LogP contribution >= 0.6 is 15.9 Å². The van der Waals surface area contributed by atoms with Gasteiger partial charge in [0.05, 0.1) is 5.69 Å². The fraction of sp³-hybridized carbons (Fsp3) is 0.615. The quantitative estimate of drug-likeness (QED) is 0.859. The first-order chi connectivity index (χ1) is 7.75. The monoisotopic (exact) mass is 282 g/mol. The zero-order chi connectivity index (χ0) is 11.4. The van der Waals surface area contributed by atoms with Crippen LogP contribution in [0.15, 0.2) is 22.8 Å². The summed E-state index contributed by atoms with van der Waals surface area (Å²) in [7, 11) is 0. The zero-order valence-electron chi connectivity index (χ0n) is 9.75. The lowest BCUT2D eigenvalue weighted by molar-refractivity contribution is 0.278. The van der Waals surface area contributed by atoms with Crippen LogP contribution < -0.4 is 5.32 Å². The predicted molar refractivity (Wildman–Crippen MR) is 70.2 cm³/mol. The van der Waals surface area contributed by atoms with Crippen LogP contribution in [0.25, 0.3) is 0 Å². The molecule has 2 unspecified atom stereocenters. The van der Waals surface area contributed by atoms with Gasteiger partial charge in [-0.2, -0.15) is 0 Å². The largest absolute Gasteiger partial charge is 0.308 e. The molecule has 1 aromatic heterocycles. The van der Waals surface area contributed by atoms with E-state index in [1.807, 2.05) is 12.1 Å². The minimum absolute atomic E-state index is 0.675. The predicted octanol–water partition coefficient (Wildman–Crippen LogP) is 3.51. The molecule has 2 rings (SSSR count). The van der Waals surface area contributed by atoms with E-state index in [2.05, 4.69) is 39.2 Å². The molecule has 0 aromatic carbocycles. The number of pyridine rings is 1. The van der Waals surface area contributed by atoms with E-state index < -0.39 is 0 Å². The highest BCUT2D eigenvalue weighted by Gasteiger charge is 2.20.